The number of hydrogen-bond acceptors (Lipinski definition) is 4. The van der Waals surface area contributed by atoms with E-state index in [1.54, 1.807) is 0 Å². The number of thioether (sulfide) groups is 1. The summed E-state index contributed by atoms with van der Waals surface area (Å²) in [7, 11) is 0. The number of ether oxygens (including phenoxy) is 1. The summed E-state index contributed by atoms with van der Waals surface area (Å²) in [6, 6.07) is 18.3. The molecule has 1 atom stereocenters. The number of Topliss-reactive ketones (excluding diaryl/α,β-unsaturated/α-hetero) is 1. The van der Waals surface area contributed by atoms with Gasteiger partial charge in [-0.1, -0.05) is 48.5 Å². The predicted octanol–water partition coefficient (Wildman–Crippen LogP) is 3.88. The van der Waals surface area contributed by atoms with Gasteiger partial charge in [-0.05, 0) is 17.7 Å². The quantitative estimate of drug-likeness (QED) is 0.571. The first-order valence-electron chi connectivity index (χ1n) is 7.43. The van der Waals surface area contributed by atoms with Crippen LogP contribution in [0.5, 0.6) is 0 Å². The maximum Gasteiger partial charge on any atom is 0.408 e. The zero-order valence-electron chi connectivity index (χ0n) is 13.0. The summed E-state index contributed by atoms with van der Waals surface area (Å²) in [4.78, 5) is 24.9. The summed E-state index contributed by atoms with van der Waals surface area (Å²) in [5.41, 5.74) is 0.881. The average Bonchev–Trinajstić information content (AvgIpc) is 2.64. The van der Waals surface area contributed by atoms with E-state index in [1.807, 2.05) is 60.7 Å². The van der Waals surface area contributed by atoms with E-state index in [0.29, 0.717) is 5.75 Å². The molecule has 2 rings (SSSR count). The van der Waals surface area contributed by atoms with Gasteiger partial charge in [0.05, 0.1) is 5.88 Å². The summed E-state index contributed by atoms with van der Waals surface area (Å²) in [6.45, 7) is 0.153. The lowest BCUT2D eigenvalue weighted by Crippen LogP contribution is -2.43. The Kier molecular flexibility index (Phi) is 7.65. The number of rotatable bonds is 8. The second kappa shape index (κ2) is 10.0. The molecule has 0 fully saturated rings. The van der Waals surface area contributed by atoms with Crippen molar-refractivity contribution in [2.24, 2.45) is 0 Å². The average molecular weight is 364 g/mol. The van der Waals surface area contributed by atoms with Gasteiger partial charge >= 0.3 is 6.09 Å². The zero-order chi connectivity index (χ0) is 17.2. The van der Waals surface area contributed by atoms with E-state index < -0.39 is 12.1 Å². The third-order valence-electron chi connectivity index (χ3n) is 3.19. The van der Waals surface area contributed by atoms with Gasteiger partial charge in [-0.2, -0.15) is 0 Å². The molecule has 6 heteroatoms. The molecule has 24 heavy (non-hydrogen) atoms. The zero-order valence-corrected chi connectivity index (χ0v) is 14.6. The monoisotopic (exact) mass is 363 g/mol. The van der Waals surface area contributed by atoms with E-state index in [9.17, 15) is 9.59 Å². The molecule has 0 aliphatic carbocycles. The lowest BCUT2D eigenvalue weighted by atomic mass is 10.2. The molecule has 0 saturated heterocycles. The van der Waals surface area contributed by atoms with Crippen molar-refractivity contribution in [3.63, 3.8) is 0 Å². The van der Waals surface area contributed by atoms with Gasteiger partial charge in [-0.25, -0.2) is 4.79 Å². The predicted molar refractivity (Wildman–Crippen MR) is 96.4 cm³/mol. The standard InChI is InChI=1S/C18H18ClNO3S/c19-11-17(21)16(13-24-15-9-5-2-6-10-15)20-18(22)23-12-14-7-3-1-4-8-14/h1-10,16H,11-13H2,(H,20,22)/t16-/m1/s1. The number of alkyl carbamates (subject to hydrolysis) is 1. The maximum atomic E-state index is 11.9. The topological polar surface area (TPSA) is 55.4 Å². The Morgan fingerprint density at radius 3 is 2.29 bits per heavy atom. The number of ketones is 1. The molecule has 0 radical (unpaired) electrons. The van der Waals surface area contributed by atoms with Crippen LogP contribution in [-0.2, 0) is 16.1 Å². The minimum absolute atomic E-state index is 0.153. The van der Waals surface area contributed by atoms with E-state index in [4.69, 9.17) is 16.3 Å². The van der Waals surface area contributed by atoms with Crippen molar-refractivity contribution in [2.45, 2.75) is 17.5 Å². The van der Waals surface area contributed by atoms with Crippen LogP contribution >= 0.6 is 23.4 Å². The second-order valence-corrected chi connectivity index (χ2v) is 6.34. The molecule has 0 unspecified atom stereocenters. The molecule has 4 nitrogen and oxygen atoms in total. The number of amides is 1. The van der Waals surface area contributed by atoms with Gasteiger partial charge in [-0.15, -0.1) is 23.4 Å². The molecule has 1 N–H and O–H groups in total. The Hall–Kier alpha value is -1.98. The van der Waals surface area contributed by atoms with Crippen LogP contribution < -0.4 is 5.32 Å². The van der Waals surface area contributed by atoms with E-state index in [-0.39, 0.29) is 18.3 Å². The minimum Gasteiger partial charge on any atom is -0.445 e. The van der Waals surface area contributed by atoms with Crippen molar-refractivity contribution in [3.05, 3.63) is 66.2 Å². The van der Waals surface area contributed by atoms with E-state index in [0.717, 1.165) is 10.5 Å². The Balaban J connectivity index is 1.85. The SMILES string of the molecule is O=C(N[C@H](CSc1ccccc1)C(=O)CCl)OCc1ccccc1. The molecule has 1 amide bonds. The first-order chi connectivity index (χ1) is 11.7. The molecular formula is C18H18ClNO3S. The highest BCUT2D eigenvalue weighted by atomic mass is 35.5. The number of carbonyl (C=O) groups excluding carboxylic acids is 2. The lowest BCUT2D eigenvalue weighted by molar-refractivity contribution is -0.118. The van der Waals surface area contributed by atoms with E-state index in [2.05, 4.69) is 5.32 Å². The molecule has 0 aliphatic rings. The van der Waals surface area contributed by atoms with Crippen LogP contribution in [0.2, 0.25) is 0 Å². The molecule has 2 aromatic rings. The van der Waals surface area contributed by atoms with Gasteiger partial charge < -0.3 is 10.1 Å². The van der Waals surface area contributed by atoms with Crippen LogP contribution in [0.4, 0.5) is 4.79 Å². The number of carbonyl (C=O) groups is 2. The third-order valence-corrected chi connectivity index (χ3v) is 4.55. The molecule has 2 aromatic carbocycles. The number of benzene rings is 2. The van der Waals surface area contributed by atoms with E-state index >= 15 is 0 Å². The highest BCUT2D eigenvalue weighted by molar-refractivity contribution is 7.99. The molecule has 126 valence electrons. The first-order valence-corrected chi connectivity index (χ1v) is 8.95. The van der Waals surface area contributed by atoms with Gasteiger partial charge in [0, 0.05) is 10.6 Å². The molecular weight excluding hydrogens is 346 g/mol. The summed E-state index contributed by atoms with van der Waals surface area (Å²) in [6.07, 6.45) is -0.629. The smallest absolute Gasteiger partial charge is 0.408 e. The molecule has 0 aliphatic heterocycles. The van der Waals surface area contributed by atoms with Gasteiger partial charge in [0.2, 0.25) is 0 Å². The number of nitrogens with one attached hydrogen (secondary N) is 1. The van der Waals surface area contributed by atoms with Crippen LogP contribution in [0.25, 0.3) is 0 Å². The Bertz CT molecular complexity index is 652. The summed E-state index contributed by atoms with van der Waals surface area (Å²) >= 11 is 7.11. The second-order valence-electron chi connectivity index (χ2n) is 4.98. The first kappa shape index (κ1) is 18.4. The van der Waals surface area contributed by atoms with Crippen molar-refractivity contribution in [1.82, 2.24) is 5.32 Å². The summed E-state index contributed by atoms with van der Waals surface area (Å²) in [5, 5.41) is 2.59. The van der Waals surface area contributed by atoms with Gasteiger partial charge in [-0.3, -0.25) is 4.79 Å². The highest BCUT2D eigenvalue weighted by Gasteiger charge is 2.21. The van der Waals surface area contributed by atoms with Gasteiger partial charge in [0.25, 0.3) is 0 Å². The molecule has 0 bridgehead atoms. The van der Waals surface area contributed by atoms with Gasteiger partial charge in [0.1, 0.15) is 12.6 Å². The number of alkyl halides is 1. The Morgan fingerprint density at radius 2 is 1.67 bits per heavy atom. The highest BCUT2D eigenvalue weighted by Crippen LogP contribution is 2.18. The molecule has 0 saturated carbocycles. The van der Waals surface area contributed by atoms with Crippen molar-refractivity contribution in [3.8, 4) is 0 Å². The lowest BCUT2D eigenvalue weighted by Gasteiger charge is -2.16. The third kappa shape index (κ3) is 6.26. The Labute approximate surface area is 150 Å². The maximum absolute atomic E-state index is 11.9. The van der Waals surface area contributed by atoms with Crippen molar-refractivity contribution in [1.29, 1.82) is 0 Å². The van der Waals surface area contributed by atoms with Gasteiger partial charge in [0.15, 0.2) is 5.78 Å². The van der Waals surface area contributed by atoms with E-state index in [1.165, 1.54) is 11.8 Å². The van der Waals surface area contributed by atoms with Crippen LogP contribution in [0.3, 0.4) is 0 Å². The van der Waals surface area contributed by atoms with Crippen LogP contribution in [0.15, 0.2) is 65.6 Å². The normalized spacial score (nSPS) is 11.5. The molecule has 0 aromatic heterocycles. The van der Waals surface area contributed by atoms with Crippen LogP contribution in [0.1, 0.15) is 5.56 Å². The Morgan fingerprint density at radius 1 is 1.04 bits per heavy atom. The van der Waals surface area contributed by atoms with Crippen LogP contribution in [0, 0.1) is 0 Å². The number of hydrogen-bond donors (Lipinski definition) is 1. The minimum atomic E-state index is -0.684. The van der Waals surface area contributed by atoms with Crippen LogP contribution in [-0.4, -0.2) is 29.6 Å². The summed E-state index contributed by atoms with van der Waals surface area (Å²) in [5.74, 6) is 0.00591. The molecule has 0 spiro atoms. The molecule has 0 heterocycles. The summed E-state index contributed by atoms with van der Waals surface area (Å²) < 4.78 is 5.15. The van der Waals surface area contributed by atoms with Crippen molar-refractivity contribution < 1.29 is 14.3 Å². The largest absolute Gasteiger partial charge is 0.445 e. The fourth-order valence-electron chi connectivity index (χ4n) is 1.91. The fraction of sp³-hybridized carbons (Fsp3) is 0.222. The van der Waals surface area contributed by atoms with Crippen molar-refractivity contribution in [2.75, 3.05) is 11.6 Å². The number of halogens is 1. The fourth-order valence-corrected chi connectivity index (χ4v) is 3.08. The van der Waals surface area contributed by atoms with Crippen molar-refractivity contribution >= 4 is 35.2 Å².